The van der Waals surface area contributed by atoms with Crippen LogP contribution >= 0.6 is 0 Å². The molecule has 0 aliphatic rings. The van der Waals surface area contributed by atoms with Crippen molar-refractivity contribution in [1.82, 2.24) is 15.2 Å². The van der Waals surface area contributed by atoms with Gasteiger partial charge in [-0.3, -0.25) is 9.59 Å². The third-order valence-corrected chi connectivity index (χ3v) is 2.99. The third kappa shape index (κ3) is 6.99. The molecule has 128 valence electrons. The Kier molecular flexibility index (Phi) is 6.36. The zero-order valence-corrected chi connectivity index (χ0v) is 14.3. The molecule has 1 heterocycles. The number of nitrogens with zero attached hydrogens (tertiary/aromatic N) is 1. The second-order valence-electron chi connectivity index (χ2n) is 6.46. The Morgan fingerprint density at radius 1 is 1.35 bits per heavy atom. The van der Waals surface area contributed by atoms with E-state index in [2.05, 4.69) is 10.6 Å². The number of pyridine rings is 1. The first kappa shape index (κ1) is 18.7. The van der Waals surface area contributed by atoms with Crippen molar-refractivity contribution in [1.29, 1.82) is 0 Å². The van der Waals surface area contributed by atoms with Gasteiger partial charge in [-0.2, -0.15) is 0 Å². The van der Waals surface area contributed by atoms with Crippen LogP contribution in [-0.2, 0) is 11.8 Å². The summed E-state index contributed by atoms with van der Waals surface area (Å²) in [6.45, 7) is 7.58. The first-order chi connectivity index (χ1) is 10.6. The Hall–Kier alpha value is -2.31. The summed E-state index contributed by atoms with van der Waals surface area (Å²) < 4.78 is 6.51. The van der Waals surface area contributed by atoms with Crippen LogP contribution in [0.5, 0.6) is 0 Å². The van der Waals surface area contributed by atoms with E-state index < -0.39 is 11.7 Å². The maximum absolute atomic E-state index is 12.0. The average Bonchev–Trinajstić information content (AvgIpc) is 2.39. The highest BCUT2D eigenvalue weighted by Gasteiger charge is 2.16. The zero-order chi connectivity index (χ0) is 17.6. The van der Waals surface area contributed by atoms with Crippen molar-refractivity contribution >= 4 is 12.0 Å². The first-order valence-corrected chi connectivity index (χ1v) is 7.53. The number of aryl methyl sites for hydroxylation is 1. The number of aromatic nitrogens is 1. The highest BCUT2D eigenvalue weighted by molar-refractivity contribution is 5.94. The number of hydrogen-bond donors (Lipinski definition) is 2. The van der Waals surface area contributed by atoms with Gasteiger partial charge in [-0.05, 0) is 40.2 Å². The molecule has 0 aromatic carbocycles. The number of rotatable bonds is 5. The summed E-state index contributed by atoms with van der Waals surface area (Å²) in [5.74, 6) is -0.313. The lowest BCUT2D eigenvalue weighted by molar-refractivity contribution is 0.0526. The smallest absolute Gasteiger partial charge is 0.407 e. The molecule has 0 radical (unpaired) electrons. The van der Waals surface area contributed by atoms with E-state index in [1.807, 2.05) is 6.92 Å². The van der Waals surface area contributed by atoms with Gasteiger partial charge >= 0.3 is 6.09 Å². The summed E-state index contributed by atoms with van der Waals surface area (Å²) in [5, 5.41) is 5.42. The molecule has 0 bridgehead atoms. The molecule has 0 aliphatic carbocycles. The van der Waals surface area contributed by atoms with Gasteiger partial charge in [-0.1, -0.05) is 0 Å². The van der Waals surface area contributed by atoms with Crippen LogP contribution in [0.1, 0.15) is 44.5 Å². The molecule has 2 amide bonds. The Balaban J connectivity index is 2.40. The van der Waals surface area contributed by atoms with Gasteiger partial charge in [0.25, 0.3) is 11.5 Å². The van der Waals surface area contributed by atoms with Crippen LogP contribution in [0.15, 0.2) is 23.1 Å². The summed E-state index contributed by atoms with van der Waals surface area (Å²) in [6, 6.07) is 2.73. The van der Waals surface area contributed by atoms with Crippen LogP contribution in [0.25, 0.3) is 0 Å². The molecule has 0 saturated carbocycles. The highest BCUT2D eigenvalue weighted by atomic mass is 16.6. The van der Waals surface area contributed by atoms with Gasteiger partial charge in [0.1, 0.15) is 5.60 Å². The van der Waals surface area contributed by atoms with Crippen LogP contribution in [-0.4, -0.2) is 34.8 Å². The predicted molar refractivity (Wildman–Crippen MR) is 87.5 cm³/mol. The molecule has 7 heteroatoms. The Morgan fingerprint density at radius 2 is 2.00 bits per heavy atom. The SMILES string of the molecule is C[C@@H](CCNC(=O)OC(C)(C)C)NC(=O)c1ccn(C)c(=O)c1. The molecule has 0 aliphatic heterocycles. The monoisotopic (exact) mass is 323 g/mol. The van der Waals surface area contributed by atoms with Crippen molar-refractivity contribution < 1.29 is 14.3 Å². The van der Waals surface area contributed by atoms with Crippen molar-refractivity contribution in [3.63, 3.8) is 0 Å². The summed E-state index contributed by atoms with van der Waals surface area (Å²) in [4.78, 5) is 35.0. The lowest BCUT2D eigenvalue weighted by Gasteiger charge is -2.20. The molecule has 23 heavy (non-hydrogen) atoms. The zero-order valence-electron chi connectivity index (χ0n) is 14.3. The van der Waals surface area contributed by atoms with Crippen LogP contribution in [0, 0.1) is 0 Å². The van der Waals surface area contributed by atoms with Crippen molar-refractivity contribution in [2.45, 2.75) is 45.8 Å². The Labute approximate surface area is 136 Å². The van der Waals surface area contributed by atoms with Gasteiger partial charge in [-0.25, -0.2) is 4.79 Å². The van der Waals surface area contributed by atoms with E-state index in [1.54, 1.807) is 40.1 Å². The number of nitrogens with one attached hydrogen (secondary N) is 2. The molecule has 2 N–H and O–H groups in total. The summed E-state index contributed by atoms with van der Waals surface area (Å²) in [7, 11) is 1.62. The van der Waals surface area contributed by atoms with Gasteiger partial charge in [0, 0.05) is 37.5 Å². The first-order valence-electron chi connectivity index (χ1n) is 7.53. The van der Waals surface area contributed by atoms with Crippen LogP contribution in [0.2, 0.25) is 0 Å². The van der Waals surface area contributed by atoms with Gasteiger partial charge < -0.3 is 19.9 Å². The van der Waals surface area contributed by atoms with E-state index >= 15 is 0 Å². The van der Waals surface area contributed by atoms with E-state index in [9.17, 15) is 14.4 Å². The van der Waals surface area contributed by atoms with Crippen LogP contribution in [0.4, 0.5) is 4.79 Å². The van der Waals surface area contributed by atoms with E-state index in [-0.39, 0.29) is 17.5 Å². The van der Waals surface area contributed by atoms with E-state index in [1.165, 1.54) is 10.6 Å². The lowest BCUT2D eigenvalue weighted by Crippen LogP contribution is -2.38. The van der Waals surface area contributed by atoms with E-state index in [0.717, 1.165) is 0 Å². The van der Waals surface area contributed by atoms with Gasteiger partial charge in [-0.15, -0.1) is 0 Å². The van der Waals surface area contributed by atoms with Crippen molar-refractivity contribution in [2.24, 2.45) is 7.05 Å². The molecule has 1 aromatic heterocycles. The third-order valence-electron chi connectivity index (χ3n) is 2.99. The fourth-order valence-electron chi connectivity index (χ4n) is 1.77. The number of hydrogen-bond acceptors (Lipinski definition) is 4. The van der Waals surface area contributed by atoms with E-state index in [0.29, 0.717) is 18.5 Å². The number of carbonyl (C=O) groups is 2. The minimum atomic E-state index is -0.538. The van der Waals surface area contributed by atoms with Gasteiger partial charge in [0.2, 0.25) is 0 Å². The molecule has 1 aromatic rings. The van der Waals surface area contributed by atoms with Crippen molar-refractivity contribution in [2.75, 3.05) is 6.54 Å². The minimum Gasteiger partial charge on any atom is -0.444 e. The fourth-order valence-corrected chi connectivity index (χ4v) is 1.77. The molecule has 7 nitrogen and oxygen atoms in total. The standard InChI is InChI=1S/C16H25N3O4/c1-11(6-8-17-15(22)23-16(2,3)4)18-14(21)12-7-9-19(5)13(20)10-12/h7,9-11H,6,8H2,1-5H3,(H,17,22)(H,18,21)/t11-/m0/s1. The second-order valence-corrected chi connectivity index (χ2v) is 6.46. The minimum absolute atomic E-state index is 0.151. The number of alkyl carbamates (subject to hydrolysis) is 1. The molecule has 0 spiro atoms. The second kappa shape index (κ2) is 7.80. The number of ether oxygens (including phenoxy) is 1. The molecule has 1 rings (SSSR count). The largest absolute Gasteiger partial charge is 0.444 e. The van der Waals surface area contributed by atoms with Crippen LogP contribution in [0.3, 0.4) is 0 Å². The van der Waals surface area contributed by atoms with Crippen molar-refractivity contribution in [3.8, 4) is 0 Å². The molecule has 1 atom stereocenters. The van der Waals surface area contributed by atoms with E-state index in [4.69, 9.17) is 4.74 Å². The summed E-state index contributed by atoms with van der Waals surface area (Å²) in [5.41, 5.74) is -0.458. The fraction of sp³-hybridized carbons (Fsp3) is 0.562. The van der Waals surface area contributed by atoms with Crippen molar-refractivity contribution in [3.05, 3.63) is 34.2 Å². The maximum atomic E-state index is 12.0. The normalized spacial score (nSPS) is 12.4. The number of carbonyl (C=O) groups excluding carboxylic acids is 2. The molecular weight excluding hydrogens is 298 g/mol. The Bertz CT molecular complexity index is 616. The predicted octanol–water partition coefficient (Wildman–Crippen LogP) is 1.42. The van der Waals surface area contributed by atoms with Gasteiger partial charge in [0.05, 0.1) is 0 Å². The average molecular weight is 323 g/mol. The Morgan fingerprint density at radius 3 is 2.57 bits per heavy atom. The molecule has 0 fully saturated rings. The molecule has 0 unspecified atom stereocenters. The van der Waals surface area contributed by atoms with Crippen LogP contribution < -0.4 is 16.2 Å². The summed E-state index contributed by atoms with van der Waals surface area (Å²) in [6.07, 6.45) is 1.62. The molecule has 0 saturated heterocycles. The quantitative estimate of drug-likeness (QED) is 0.857. The summed E-state index contributed by atoms with van der Waals surface area (Å²) >= 11 is 0. The van der Waals surface area contributed by atoms with Gasteiger partial charge in [0.15, 0.2) is 0 Å². The highest BCUT2D eigenvalue weighted by Crippen LogP contribution is 2.06. The topological polar surface area (TPSA) is 89.4 Å². The maximum Gasteiger partial charge on any atom is 0.407 e. The number of amides is 2. The molecular formula is C16H25N3O4. The lowest BCUT2D eigenvalue weighted by atomic mass is 10.2.